The molecule has 0 aliphatic carbocycles. The summed E-state index contributed by atoms with van der Waals surface area (Å²) in [5.41, 5.74) is 2.61. The Kier molecular flexibility index (Phi) is 6.66. The van der Waals surface area contributed by atoms with Crippen LogP contribution >= 0.6 is 23.2 Å². The molecule has 2 amide bonds. The lowest BCUT2D eigenvalue weighted by atomic mass is 9.91. The van der Waals surface area contributed by atoms with E-state index in [9.17, 15) is 23.5 Å². The Morgan fingerprint density at radius 1 is 1.27 bits per heavy atom. The molecule has 6 nitrogen and oxygen atoms in total. The van der Waals surface area contributed by atoms with Gasteiger partial charge in [-0.15, -0.1) is 0 Å². The molecule has 2 unspecified atom stereocenters. The van der Waals surface area contributed by atoms with Gasteiger partial charge < -0.3 is 10.0 Å². The summed E-state index contributed by atoms with van der Waals surface area (Å²) in [5, 5.41) is 10.4. The van der Waals surface area contributed by atoms with E-state index in [2.05, 4.69) is 4.99 Å². The molecule has 3 aliphatic rings. The van der Waals surface area contributed by atoms with Gasteiger partial charge in [0.05, 0.1) is 35.7 Å². The maximum Gasteiger partial charge on any atom is 0.261 e. The van der Waals surface area contributed by atoms with Crippen molar-refractivity contribution in [1.29, 1.82) is 0 Å². The summed E-state index contributed by atoms with van der Waals surface area (Å²) in [4.78, 5) is 32.9. The monoisotopic (exact) mass is 499 g/mol. The molecule has 178 valence electrons. The number of dihydropyridines is 1. The van der Waals surface area contributed by atoms with Gasteiger partial charge in [-0.2, -0.15) is 0 Å². The highest BCUT2D eigenvalue weighted by Crippen LogP contribution is 2.41. The van der Waals surface area contributed by atoms with Crippen LogP contribution in [0.5, 0.6) is 0 Å². The van der Waals surface area contributed by atoms with E-state index in [1.807, 2.05) is 13.0 Å². The maximum absolute atomic E-state index is 13.8. The van der Waals surface area contributed by atoms with E-state index in [0.29, 0.717) is 34.8 Å². The maximum atomic E-state index is 13.8. The van der Waals surface area contributed by atoms with E-state index < -0.39 is 31.0 Å². The fourth-order valence-corrected chi connectivity index (χ4v) is 5.55. The first-order valence-corrected chi connectivity index (χ1v) is 11.6. The molecule has 33 heavy (non-hydrogen) atoms. The Morgan fingerprint density at radius 3 is 2.61 bits per heavy atom. The van der Waals surface area contributed by atoms with Crippen LogP contribution in [-0.4, -0.2) is 71.1 Å². The molecular weight excluding hydrogens is 475 g/mol. The fraction of sp³-hybridized carbons (Fsp3) is 0.522. The summed E-state index contributed by atoms with van der Waals surface area (Å²) in [6.45, 7) is 3.26. The van der Waals surface area contributed by atoms with E-state index in [0.717, 1.165) is 5.57 Å². The molecule has 0 saturated carbocycles. The number of carbonyl (C=O) groups is 2. The van der Waals surface area contributed by atoms with Gasteiger partial charge in [0.1, 0.15) is 0 Å². The lowest BCUT2D eigenvalue weighted by Gasteiger charge is -2.34. The molecule has 3 aliphatic heterocycles. The number of aliphatic imine (C=N–C) groups is 1. The molecule has 1 aromatic rings. The Balaban J connectivity index is 1.65. The largest absolute Gasteiger partial charge is 0.394 e. The molecule has 0 spiro atoms. The quantitative estimate of drug-likeness (QED) is 0.665. The van der Waals surface area contributed by atoms with Crippen LogP contribution in [0.15, 0.2) is 22.7 Å². The average Bonchev–Trinajstić information content (AvgIpc) is 3.09. The highest BCUT2D eigenvalue weighted by atomic mass is 35.5. The molecule has 1 fully saturated rings. The van der Waals surface area contributed by atoms with E-state index >= 15 is 0 Å². The second-order valence-corrected chi connectivity index (χ2v) is 9.71. The number of likely N-dealkylation sites (tertiary alicyclic amines) is 1. The number of carbonyl (C=O) groups excluding carboxylic acids is 2. The number of aliphatic hydroxyl groups excluding tert-OH is 1. The van der Waals surface area contributed by atoms with Gasteiger partial charge >= 0.3 is 0 Å². The van der Waals surface area contributed by atoms with Crippen LogP contribution in [0.4, 0.5) is 8.78 Å². The normalized spacial score (nSPS) is 24.0. The van der Waals surface area contributed by atoms with Crippen LogP contribution in [0.25, 0.3) is 0 Å². The molecule has 3 heterocycles. The second kappa shape index (κ2) is 9.06. The van der Waals surface area contributed by atoms with Crippen molar-refractivity contribution >= 4 is 40.7 Å². The van der Waals surface area contributed by atoms with Gasteiger partial charge in [0.2, 0.25) is 0 Å². The topological polar surface area (TPSA) is 73.2 Å². The summed E-state index contributed by atoms with van der Waals surface area (Å²) in [7, 11) is 0. The summed E-state index contributed by atoms with van der Waals surface area (Å²) in [5.74, 6) is -4.04. The lowest BCUT2D eigenvalue weighted by Crippen LogP contribution is -2.43. The molecule has 1 saturated heterocycles. The fourth-order valence-electron chi connectivity index (χ4n) is 4.86. The van der Waals surface area contributed by atoms with Crippen molar-refractivity contribution in [2.75, 3.05) is 32.8 Å². The zero-order chi connectivity index (χ0) is 24.1. The van der Waals surface area contributed by atoms with Gasteiger partial charge in [0.15, 0.2) is 0 Å². The summed E-state index contributed by atoms with van der Waals surface area (Å²) in [6.07, 6.45) is 1.96. The van der Waals surface area contributed by atoms with Crippen molar-refractivity contribution in [3.05, 3.63) is 44.5 Å². The van der Waals surface area contributed by atoms with Gasteiger partial charge in [-0.05, 0) is 43.5 Å². The van der Waals surface area contributed by atoms with Crippen molar-refractivity contribution in [2.24, 2.45) is 10.9 Å². The number of halogens is 4. The number of amides is 2. The predicted octanol–water partition coefficient (Wildman–Crippen LogP) is 3.93. The van der Waals surface area contributed by atoms with E-state index in [1.165, 1.54) is 4.90 Å². The molecular formula is C23H25Cl2F2N3O3. The van der Waals surface area contributed by atoms with Crippen molar-refractivity contribution in [3.8, 4) is 0 Å². The van der Waals surface area contributed by atoms with E-state index in [1.54, 1.807) is 17.9 Å². The van der Waals surface area contributed by atoms with Crippen LogP contribution in [-0.2, 0) is 11.2 Å². The third-order valence-electron chi connectivity index (χ3n) is 6.62. The SMILES string of the molecule is CC1=CC(C)=NC(=O)C1CN1CCc2c(Cl)cc(C(CO)N3CCC(F)(F)C3)c(Cl)c2C1=O. The van der Waals surface area contributed by atoms with Gasteiger partial charge in [-0.3, -0.25) is 14.5 Å². The smallest absolute Gasteiger partial charge is 0.261 e. The van der Waals surface area contributed by atoms with Gasteiger partial charge in [-0.25, -0.2) is 13.8 Å². The third kappa shape index (κ3) is 4.58. The lowest BCUT2D eigenvalue weighted by molar-refractivity contribution is -0.120. The average molecular weight is 500 g/mol. The first-order valence-electron chi connectivity index (χ1n) is 10.8. The van der Waals surface area contributed by atoms with Gasteiger partial charge in [0, 0.05) is 36.8 Å². The number of aliphatic hydroxyl groups is 1. The summed E-state index contributed by atoms with van der Waals surface area (Å²) < 4.78 is 27.6. The number of allylic oxidation sites excluding steroid dienone is 1. The molecule has 4 rings (SSSR count). The summed E-state index contributed by atoms with van der Waals surface area (Å²) >= 11 is 13.2. The molecule has 0 radical (unpaired) electrons. The summed E-state index contributed by atoms with van der Waals surface area (Å²) in [6, 6.07) is 0.761. The number of hydrogen-bond donors (Lipinski definition) is 1. The van der Waals surface area contributed by atoms with Gasteiger partial charge in [-0.1, -0.05) is 28.8 Å². The number of benzene rings is 1. The molecule has 1 N–H and O–H groups in total. The first-order chi connectivity index (χ1) is 15.5. The molecule has 10 heteroatoms. The van der Waals surface area contributed by atoms with Crippen LogP contribution < -0.4 is 0 Å². The Bertz CT molecular complexity index is 1070. The first kappa shape index (κ1) is 24.3. The number of hydrogen-bond acceptors (Lipinski definition) is 4. The minimum Gasteiger partial charge on any atom is -0.394 e. The van der Waals surface area contributed by atoms with Crippen LogP contribution in [0, 0.1) is 5.92 Å². The highest BCUT2D eigenvalue weighted by molar-refractivity contribution is 6.37. The Labute approximate surface area is 200 Å². The highest BCUT2D eigenvalue weighted by Gasteiger charge is 2.42. The molecule has 0 aromatic heterocycles. The van der Waals surface area contributed by atoms with E-state index in [-0.39, 0.29) is 41.9 Å². The molecule has 0 bridgehead atoms. The number of fused-ring (bicyclic) bond motifs is 1. The van der Waals surface area contributed by atoms with Crippen molar-refractivity contribution in [2.45, 2.75) is 38.7 Å². The van der Waals surface area contributed by atoms with Crippen LogP contribution in [0.1, 0.15) is 47.8 Å². The number of alkyl halides is 2. The van der Waals surface area contributed by atoms with Crippen molar-refractivity contribution in [1.82, 2.24) is 9.80 Å². The van der Waals surface area contributed by atoms with Crippen molar-refractivity contribution < 1.29 is 23.5 Å². The second-order valence-electron chi connectivity index (χ2n) is 8.92. The van der Waals surface area contributed by atoms with Crippen molar-refractivity contribution in [3.63, 3.8) is 0 Å². The Hall–Kier alpha value is -1.87. The molecule has 2 atom stereocenters. The standard InChI is InChI=1S/C23H25Cl2F2N3O3/c1-12-7-13(2)28-21(32)16(12)9-29-5-3-14-17(24)8-15(20(25)19(14)22(29)33)18(10-31)30-6-4-23(26,27)11-30/h7-8,16,18,31H,3-6,9-11H2,1-2H3. The van der Waals surface area contributed by atoms with Gasteiger partial charge in [0.25, 0.3) is 17.7 Å². The molecule has 1 aromatic carbocycles. The van der Waals surface area contributed by atoms with Crippen LogP contribution in [0.3, 0.4) is 0 Å². The predicted molar refractivity (Wildman–Crippen MR) is 122 cm³/mol. The zero-order valence-electron chi connectivity index (χ0n) is 18.4. The number of nitrogens with zero attached hydrogens (tertiary/aromatic N) is 3. The minimum atomic E-state index is -2.84. The minimum absolute atomic E-state index is 0.0959. The third-order valence-corrected chi connectivity index (χ3v) is 7.37. The Morgan fingerprint density at radius 2 is 2.00 bits per heavy atom. The van der Waals surface area contributed by atoms with E-state index in [4.69, 9.17) is 23.2 Å². The van der Waals surface area contributed by atoms with Crippen LogP contribution in [0.2, 0.25) is 10.0 Å². The zero-order valence-corrected chi connectivity index (χ0v) is 19.9. The number of rotatable bonds is 5.